The van der Waals surface area contributed by atoms with Crippen LogP contribution in [0.2, 0.25) is 0 Å². The zero-order chi connectivity index (χ0) is 21.6. The molecule has 0 unspecified atom stereocenters. The number of halogens is 3. The van der Waals surface area contributed by atoms with Gasteiger partial charge in [0, 0.05) is 17.7 Å². The van der Waals surface area contributed by atoms with Crippen molar-refractivity contribution >= 4 is 5.91 Å². The molecule has 1 aliphatic carbocycles. The molecule has 0 aliphatic heterocycles. The first-order valence-electron chi connectivity index (χ1n) is 9.36. The average Bonchev–Trinajstić information content (AvgIpc) is 3.41. The Morgan fingerprint density at radius 1 is 1.10 bits per heavy atom. The third-order valence-corrected chi connectivity index (χ3v) is 4.90. The molecule has 4 rings (SSSR count). The van der Waals surface area contributed by atoms with E-state index in [1.54, 1.807) is 18.4 Å². The summed E-state index contributed by atoms with van der Waals surface area (Å²) in [6, 6.07) is 6.98. The number of carbonyl (C=O) groups is 1. The van der Waals surface area contributed by atoms with Crippen LogP contribution in [0.25, 0.3) is 11.4 Å². The van der Waals surface area contributed by atoms with Crippen molar-refractivity contribution in [3.8, 4) is 17.1 Å². The lowest BCUT2D eigenvalue weighted by molar-refractivity contribution is 0.0880. The van der Waals surface area contributed by atoms with E-state index in [0.29, 0.717) is 5.82 Å². The molecule has 2 aromatic carbocycles. The number of nitrogens with zero attached hydrogens (tertiary/aromatic N) is 3. The summed E-state index contributed by atoms with van der Waals surface area (Å²) in [4.78, 5) is 11.3. The van der Waals surface area contributed by atoms with Crippen molar-refractivity contribution in [2.45, 2.75) is 38.3 Å². The third kappa shape index (κ3) is 3.62. The van der Waals surface area contributed by atoms with Crippen molar-refractivity contribution in [1.82, 2.24) is 14.8 Å². The summed E-state index contributed by atoms with van der Waals surface area (Å²) in [5.41, 5.74) is 4.27. The van der Waals surface area contributed by atoms with E-state index in [9.17, 15) is 18.0 Å². The summed E-state index contributed by atoms with van der Waals surface area (Å²) < 4.78 is 49.6. The van der Waals surface area contributed by atoms with Crippen LogP contribution in [-0.4, -0.2) is 20.7 Å². The average molecular weight is 416 g/mol. The first kappa shape index (κ1) is 19.9. The Labute approximate surface area is 170 Å². The van der Waals surface area contributed by atoms with Crippen LogP contribution in [0.3, 0.4) is 0 Å². The second kappa shape index (κ2) is 7.16. The van der Waals surface area contributed by atoms with Gasteiger partial charge in [-0.3, -0.25) is 4.79 Å². The van der Waals surface area contributed by atoms with Crippen LogP contribution in [0, 0.1) is 17.5 Å². The molecule has 1 saturated carbocycles. The normalized spacial score (nSPS) is 14.0. The zero-order valence-electron chi connectivity index (χ0n) is 16.3. The van der Waals surface area contributed by atoms with Gasteiger partial charge >= 0.3 is 0 Å². The number of rotatable bonds is 6. The summed E-state index contributed by atoms with van der Waals surface area (Å²) in [5.74, 6) is -2.43. The number of nitrogens with two attached hydrogens (primary N) is 1. The second-order valence-electron chi connectivity index (χ2n) is 7.69. The Bertz CT molecular complexity index is 1140. The van der Waals surface area contributed by atoms with Gasteiger partial charge in [0.1, 0.15) is 11.6 Å². The van der Waals surface area contributed by atoms with E-state index in [-0.39, 0.29) is 28.7 Å². The van der Waals surface area contributed by atoms with Gasteiger partial charge in [0.25, 0.3) is 0 Å². The molecule has 3 aromatic rings. The molecular weight excluding hydrogens is 397 g/mol. The fourth-order valence-electron chi connectivity index (χ4n) is 3.29. The van der Waals surface area contributed by atoms with Crippen LogP contribution in [0.1, 0.15) is 48.9 Å². The van der Waals surface area contributed by atoms with Crippen molar-refractivity contribution in [3.63, 3.8) is 0 Å². The Balaban J connectivity index is 1.75. The fraction of sp³-hybridized carbons (Fsp3) is 0.286. The van der Waals surface area contributed by atoms with Gasteiger partial charge in [0.15, 0.2) is 28.8 Å². The highest BCUT2D eigenvalue weighted by Crippen LogP contribution is 2.42. The number of hydrogen-bond acceptors (Lipinski definition) is 4. The molecule has 1 aromatic heterocycles. The molecule has 2 N–H and O–H groups in total. The predicted molar refractivity (Wildman–Crippen MR) is 102 cm³/mol. The quantitative estimate of drug-likeness (QED) is 0.656. The number of aromatic nitrogens is 3. The van der Waals surface area contributed by atoms with E-state index in [1.807, 2.05) is 0 Å². The van der Waals surface area contributed by atoms with Crippen LogP contribution >= 0.6 is 0 Å². The molecular formula is C21H19F3N4O2. The van der Waals surface area contributed by atoms with Crippen molar-refractivity contribution < 1.29 is 22.7 Å². The lowest BCUT2D eigenvalue weighted by atomic mass is 10.1. The number of ether oxygens (including phenoxy) is 1. The van der Waals surface area contributed by atoms with E-state index < -0.39 is 29.0 Å². The maximum Gasteiger partial charge on any atom is 0.248 e. The largest absolute Gasteiger partial charge is 0.477 e. The standard InChI is InChI=1S/C21H19F3N4O2/c1-21(2,30-17-8-4-12(22)10-16(17)24)20-27-26-19(28(20)13-5-6-13)14-7-3-11(18(25)29)9-15(14)23/h3-4,7-10,13H,5-6H2,1-2H3,(H2,25,29). The Morgan fingerprint density at radius 2 is 1.83 bits per heavy atom. The topological polar surface area (TPSA) is 83.0 Å². The van der Waals surface area contributed by atoms with Gasteiger partial charge in [-0.05, 0) is 57.0 Å². The Morgan fingerprint density at radius 3 is 2.43 bits per heavy atom. The minimum atomic E-state index is -1.14. The van der Waals surface area contributed by atoms with Gasteiger partial charge in [0.05, 0.1) is 5.56 Å². The van der Waals surface area contributed by atoms with E-state index in [1.165, 1.54) is 18.2 Å². The second-order valence-corrected chi connectivity index (χ2v) is 7.69. The number of benzene rings is 2. The molecule has 1 amide bonds. The maximum atomic E-state index is 14.7. The first-order valence-corrected chi connectivity index (χ1v) is 9.36. The Kier molecular flexibility index (Phi) is 4.76. The smallest absolute Gasteiger partial charge is 0.248 e. The SMILES string of the molecule is CC(C)(Oc1ccc(F)cc1F)c1nnc(-c2ccc(C(N)=O)cc2F)n1C1CC1. The molecule has 1 heterocycles. The number of hydrogen-bond donors (Lipinski definition) is 1. The van der Waals surface area contributed by atoms with Crippen LogP contribution < -0.4 is 10.5 Å². The summed E-state index contributed by atoms with van der Waals surface area (Å²) in [7, 11) is 0. The minimum Gasteiger partial charge on any atom is -0.477 e. The fourth-order valence-corrected chi connectivity index (χ4v) is 3.29. The van der Waals surface area contributed by atoms with Crippen molar-refractivity contribution in [3.05, 3.63) is 65.2 Å². The summed E-state index contributed by atoms with van der Waals surface area (Å²) in [6.07, 6.45) is 1.69. The number of amides is 1. The zero-order valence-corrected chi connectivity index (χ0v) is 16.3. The van der Waals surface area contributed by atoms with Gasteiger partial charge in [-0.1, -0.05) is 0 Å². The molecule has 30 heavy (non-hydrogen) atoms. The van der Waals surface area contributed by atoms with Crippen LogP contribution in [0.5, 0.6) is 5.75 Å². The third-order valence-electron chi connectivity index (χ3n) is 4.90. The monoisotopic (exact) mass is 416 g/mol. The van der Waals surface area contributed by atoms with E-state index in [4.69, 9.17) is 10.5 Å². The molecule has 156 valence electrons. The minimum absolute atomic E-state index is 0.0427. The molecule has 0 bridgehead atoms. The summed E-state index contributed by atoms with van der Waals surface area (Å²) >= 11 is 0. The lowest BCUT2D eigenvalue weighted by Crippen LogP contribution is -2.30. The van der Waals surface area contributed by atoms with Gasteiger partial charge in [-0.15, -0.1) is 10.2 Å². The molecule has 0 saturated heterocycles. The first-order chi connectivity index (χ1) is 14.2. The lowest BCUT2D eigenvalue weighted by Gasteiger charge is -2.26. The van der Waals surface area contributed by atoms with Crippen LogP contribution in [0.4, 0.5) is 13.2 Å². The van der Waals surface area contributed by atoms with Gasteiger partial charge in [-0.2, -0.15) is 0 Å². The molecule has 0 spiro atoms. The Hall–Kier alpha value is -3.36. The molecule has 1 aliphatic rings. The highest BCUT2D eigenvalue weighted by atomic mass is 19.1. The maximum absolute atomic E-state index is 14.7. The van der Waals surface area contributed by atoms with Crippen molar-refractivity contribution in [2.24, 2.45) is 5.73 Å². The molecule has 9 heteroatoms. The molecule has 6 nitrogen and oxygen atoms in total. The van der Waals surface area contributed by atoms with Crippen molar-refractivity contribution in [2.75, 3.05) is 0 Å². The summed E-state index contributed by atoms with van der Waals surface area (Å²) in [6.45, 7) is 3.35. The van der Waals surface area contributed by atoms with E-state index in [2.05, 4.69) is 10.2 Å². The molecule has 0 radical (unpaired) electrons. The predicted octanol–water partition coefficient (Wildman–Crippen LogP) is 4.11. The molecule has 1 fully saturated rings. The highest BCUT2D eigenvalue weighted by Gasteiger charge is 2.38. The van der Waals surface area contributed by atoms with E-state index >= 15 is 0 Å². The van der Waals surface area contributed by atoms with Gasteiger partial charge in [-0.25, -0.2) is 13.2 Å². The van der Waals surface area contributed by atoms with Gasteiger partial charge < -0.3 is 15.0 Å². The number of primary amides is 1. The summed E-state index contributed by atoms with van der Waals surface area (Å²) in [5, 5.41) is 8.35. The van der Waals surface area contributed by atoms with Crippen LogP contribution in [0.15, 0.2) is 36.4 Å². The van der Waals surface area contributed by atoms with Crippen molar-refractivity contribution in [1.29, 1.82) is 0 Å². The van der Waals surface area contributed by atoms with E-state index in [0.717, 1.165) is 31.0 Å². The van der Waals surface area contributed by atoms with Crippen LogP contribution in [-0.2, 0) is 5.60 Å². The molecule has 0 atom stereocenters. The number of carbonyl (C=O) groups excluding carboxylic acids is 1. The highest BCUT2D eigenvalue weighted by molar-refractivity contribution is 5.93. The van der Waals surface area contributed by atoms with Gasteiger partial charge in [0.2, 0.25) is 5.91 Å².